The van der Waals surface area contributed by atoms with E-state index in [-0.39, 0.29) is 13.0 Å². The molecule has 0 fully saturated rings. The van der Waals surface area contributed by atoms with Crippen molar-refractivity contribution >= 4 is 11.9 Å². The van der Waals surface area contributed by atoms with Crippen LogP contribution in [0.3, 0.4) is 0 Å². The molecule has 38 heavy (non-hydrogen) atoms. The van der Waals surface area contributed by atoms with Gasteiger partial charge in [0, 0.05) is 0 Å². The summed E-state index contributed by atoms with van der Waals surface area (Å²) in [5, 5.41) is 9.31. The van der Waals surface area contributed by atoms with E-state index in [1.807, 2.05) is 0 Å². The second kappa shape index (κ2) is 30.0. The Bertz CT molecular complexity index is 569. The Kier molecular flexibility index (Phi) is 28.7. The van der Waals surface area contributed by atoms with Gasteiger partial charge < -0.3 is 9.84 Å². The average Bonchev–Trinajstić information content (AvgIpc) is 2.91. The molecule has 1 atom stereocenters. The van der Waals surface area contributed by atoms with Gasteiger partial charge in [0.25, 0.3) is 0 Å². The number of hydrogen-bond donors (Lipinski definition) is 1. The molecule has 0 aliphatic heterocycles. The predicted octanol–water partition coefficient (Wildman–Crippen LogP) is 10.7. The van der Waals surface area contributed by atoms with Gasteiger partial charge in [-0.05, 0) is 32.1 Å². The molecule has 0 saturated carbocycles. The van der Waals surface area contributed by atoms with Crippen molar-refractivity contribution in [2.45, 2.75) is 167 Å². The summed E-state index contributed by atoms with van der Waals surface area (Å²) in [6.07, 6.45) is 37.1. The molecule has 0 heterocycles. The summed E-state index contributed by atoms with van der Waals surface area (Å²) >= 11 is 0. The molecule has 0 aliphatic carbocycles. The minimum atomic E-state index is -0.900. The molecule has 0 aromatic rings. The van der Waals surface area contributed by atoms with Gasteiger partial charge in [-0.1, -0.05) is 154 Å². The maximum absolute atomic E-state index is 11.6. The average molecular weight is 535 g/mol. The first-order valence-corrected chi connectivity index (χ1v) is 16.3. The first kappa shape index (κ1) is 36.4. The molecule has 4 nitrogen and oxygen atoms in total. The van der Waals surface area contributed by atoms with Crippen molar-refractivity contribution in [3.8, 4) is 0 Å². The van der Waals surface area contributed by atoms with Crippen molar-refractivity contribution in [1.82, 2.24) is 0 Å². The lowest BCUT2D eigenvalue weighted by atomic mass is 9.97. The third-order valence-electron chi connectivity index (χ3n) is 7.44. The molecule has 1 unspecified atom stereocenters. The van der Waals surface area contributed by atoms with Crippen molar-refractivity contribution in [2.24, 2.45) is 5.92 Å². The monoisotopic (exact) mass is 534 g/mol. The highest BCUT2D eigenvalue weighted by Gasteiger charge is 2.21. The molecule has 0 aromatic carbocycles. The molecule has 0 rings (SSSR count). The Morgan fingerprint density at radius 3 is 1.45 bits per heavy atom. The summed E-state index contributed by atoms with van der Waals surface area (Å²) in [6.45, 7) is 5.91. The van der Waals surface area contributed by atoms with E-state index in [1.54, 1.807) is 0 Å². The van der Waals surface area contributed by atoms with Crippen LogP contribution in [-0.2, 0) is 14.3 Å². The van der Waals surface area contributed by atoms with Gasteiger partial charge in [0.1, 0.15) is 6.61 Å². The quantitative estimate of drug-likeness (QED) is 0.0565. The molecular formula is C34H62O4. The zero-order chi connectivity index (χ0) is 27.9. The fourth-order valence-corrected chi connectivity index (χ4v) is 4.95. The van der Waals surface area contributed by atoms with E-state index in [9.17, 15) is 14.7 Å². The Balaban J connectivity index is 3.32. The number of carboxylic acids is 1. The van der Waals surface area contributed by atoms with Crippen LogP contribution >= 0.6 is 0 Å². The summed E-state index contributed by atoms with van der Waals surface area (Å²) in [5.74, 6) is -1.98. The van der Waals surface area contributed by atoms with Crippen molar-refractivity contribution < 1.29 is 19.4 Å². The van der Waals surface area contributed by atoms with Gasteiger partial charge >= 0.3 is 11.9 Å². The summed E-state index contributed by atoms with van der Waals surface area (Å²) in [5.41, 5.74) is 0. The predicted molar refractivity (Wildman–Crippen MR) is 163 cm³/mol. The standard InChI is InChI=1S/C34H62O4/c1-3-5-6-7-8-9-10-11-12-13-14-15-16-17-18-19-20-21-22-23-24-25-26-27-28-29-32(34(36)37)31-33(35)38-30-4-2/h4,10-11,32H,2-3,5-9,12-31H2,1H3,(H,36,37)/b11-10+. The molecule has 0 radical (unpaired) electrons. The number of carbonyl (C=O) groups is 2. The van der Waals surface area contributed by atoms with Crippen LogP contribution in [0.5, 0.6) is 0 Å². The summed E-state index contributed by atoms with van der Waals surface area (Å²) in [6, 6.07) is 0. The minimum Gasteiger partial charge on any atom is -0.481 e. The molecule has 222 valence electrons. The van der Waals surface area contributed by atoms with Crippen molar-refractivity contribution in [1.29, 1.82) is 0 Å². The van der Waals surface area contributed by atoms with Gasteiger partial charge in [0.05, 0.1) is 12.3 Å². The Morgan fingerprint density at radius 1 is 0.658 bits per heavy atom. The number of hydrogen-bond acceptors (Lipinski definition) is 3. The van der Waals surface area contributed by atoms with Gasteiger partial charge in [0.2, 0.25) is 0 Å². The third-order valence-corrected chi connectivity index (χ3v) is 7.44. The fourth-order valence-electron chi connectivity index (χ4n) is 4.95. The van der Waals surface area contributed by atoms with E-state index >= 15 is 0 Å². The number of esters is 1. The first-order valence-electron chi connectivity index (χ1n) is 16.3. The Morgan fingerprint density at radius 2 is 1.05 bits per heavy atom. The Hall–Kier alpha value is -1.58. The highest BCUT2D eigenvalue weighted by molar-refractivity contribution is 5.78. The van der Waals surface area contributed by atoms with Crippen LogP contribution in [-0.4, -0.2) is 23.7 Å². The summed E-state index contributed by atoms with van der Waals surface area (Å²) < 4.78 is 4.91. The van der Waals surface area contributed by atoms with E-state index in [4.69, 9.17) is 4.74 Å². The van der Waals surface area contributed by atoms with Crippen molar-refractivity contribution in [2.75, 3.05) is 6.61 Å². The first-order chi connectivity index (χ1) is 18.6. The maximum atomic E-state index is 11.6. The van der Waals surface area contributed by atoms with Gasteiger partial charge in [-0.3, -0.25) is 9.59 Å². The van der Waals surface area contributed by atoms with Gasteiger partial charge in [0.15, 0.2) is 0 Å². The summed E-state index contributed by atoms with van der Waals surface area (Å²) in [7, 11) is 0. The molecule has 0 aromatic heterocycles. The number of aliphatic carboxylic acids is 1. The number of allylic oxidation sites excluding steroid dienone is 2. The topological polar surface area (TPSA) is 63.6 Å². The molecular weight excluding hydrogens is 472 g/mol. The normalized spacial score (nSPS) is 12.1. The van der Waals surface area contributed by atoms with Crippen LogP contribution in [0.2, 0.25) is 0 Å². The highest BCUT2D eigenvalue weighted by Crippen LogP contribution is 2.18. The minimum absolute atomic E-state index is 0.0413. The van der Waals surface area contributed by atoms with E-state index in [0.29, 0.717) is 6.42 Å². The molecule has 0 spiro atoms. The number of unbranched alkanes of at least 4 members (excludes halogenated alkanes) is 21. The second-order valence-corrected chi connectivity index (χ2v) is 11.1. The van der Waals surface area contributed by atoms with E-state index in [0.717, 1.165) is 19.3 Å². The Labute approximate surface area is 236 Å². The number of rotatable bonds is 30. The van der Waals surface area contributed by atoms with Crippen LogP contribution in [0, 0.1) is 5.92 Å². The maximum Gasteiger partial charge on any atom is 0.307 e. The van der Waals surface area contributed by atoms with E-state index in [1.165, 1.54) is 134 Å². The van der Waals surface area contributed by atoms with E-state index < -0.39 is 17.9 Å². The lowest BCUT2D eigenvalue weighted by Gasteiger charge is -2.11. The summed E-state index contributed by atoms with van der Waals surface area (Å²) in [4.78, 5) is 23.0. The number of ether oxygens (including phenoxy) is 1. The van der Waals surface area contributed by atoms with Gasteiger partial charge in [-0.2, -0.15) is 0 Å². The zero-order valence-electron chi connectivity index (χ0n) is 25.1. The lowest BCUT2D eigenvalue weighted by Crippen LogP contribution is -2.19. The van der Waals surface area contributed by atoms with Crippen molar-refractivity contribution in [3.63, 3.8) is 0 Å². The molecule has 0 amide bonds. The lowest BCUT2D eigenvalue weighted by molar-refractivity contribution is -0.151. The smallest absolute Gasteiger partial charge is 0.307 e. The van der Waals surface area contributed by atoms with Crippen molar-refractivity contribution in [3.05, 3.63) is 24.8 Å². The zero-order valence-corrected chi connectivity index (χ0v) is 25.1. The molecule has 0 bridgehead atoms. The molecule has 0 saturated heterocycles. The van der Waals surface area contributed by atoms with Crippen LogP contribution in [0.4, 0.5) is 0 Å². The SMILES string of the molecule is C=CCOC(=O)CC(CCCCCCCCCCCCCCCCCC/C=C/CCCCCCC)C(=O)O. The van der Waals surface area contributed by atoms with E-state index in [2.05, 4.69) is 25.7 Å². The highest BCUT2D eigenvalue weighted by atomic mass is 16.5. The van der Waals surface area contributed by atoms with Crippen LogP contribution in [0.1, 0.15) is 167 Å². The van der Waals surface area contributed by atoms with Crippen LogP contribution < -0.4 is 0 Å². The molecule has 0 aliphatic rings. The largest absolute Gasteiger partial charge is 0.481 e. The van der Waals surface area contributed by atoms with Gasteiger partial charge in [-0.15, -0.1) is 0 Å². The molecule has 1 N–H and O–H groups in total. The third kappa shape index (κ3) is 27.5. The number of carbonyl (C=O) groups excluding carboxylic acids is 1. The number of carboxylic acid groups (broad SMARTS) is 1. The fraction of sp³-hybridized carbons (Fsp3) is 0.824. The van der Waals surface area contributed by atoms with Gasteiger partial charge in [-0.25, -0.2) is 0 Å². The van der Waals surface area contributed by atoms with Crippen LogP contribution in [0.25, 0.3) is 0 Å². The van der Waals surface area contributed by atoms with Crippen LogP contribution in [0.15, 0.2) is 24.8 Å². The second-order valence-electron chi connectivity index (χ2n) is 11.1. The molecule has 4 heteroatoms.